The van der Waals surface area contributed by atoms with Crippen molar-refractivity contribution in [2.45, 2.75) is 38.2 Å². The van der Waals surface area contributed by atoms with Crippen molar-refractivity contribution in [1.82, 2.24) is 15.3 Å². The fourth-order valence-corrected chi connectivity index (χ4v) is 3.70. The number of rotatable bonds is 6. The monoisotopic (exact) mass is 337 g/mol. The fourth-order valence-electron chi connectivity index (χ4n) is 3.00. The Hall–Kier alpha value is -1.15. The van der Waals surface area contributed by atoms with E-state index < -0.39 is 5.79 Å². The lowest BCUT2D eigenvalue weighted by atomic mass is 10.1. The Kier molecular flexibility index (Phi) is 4.91. The van der Waals surface area contributed by atoms with E-state index in [4.69, 9.17) is 9.47 Å². The predicted octanol–water partition coefficient (Wildman–Crippen LogP) is 1.18. The lowest BCUT2D eigenvalue weighted by Gasteiger charge is -2.25. The molecule has 1 aliphatic carbocycles. The number of H-pyrrole nitrogens is 1. The average Bonchev–Trinajstić information content (AvgIpc) is 3.08. The van der Waals surface area contributed by atoms with E-state index in [9.17, 15) is 4.79 Å². The van der Waals surface area contributed by atoms with Crippen LogP contribution in [0, 0.1) is 0 Å². The van der Waals surface area contributed by atoms with Crippen molar-refractivity contribution in [1.29, 1.82) is 0 Å². The van der Waals surface area contributed by atoms with Crippen LogP contribution in [0.4, 0.5) is 0 Å². The van der Waals surface area contributed by atoms with Gasteiger partial charge in [0, 0.05) is 23.9 Å². The number of thioether (sulfide) groups is 1. The summed E-state index contributed by atoms with van der Waals surface area (Å²) in [7, 11) is 0. The Morgan fingerprint density at radius 3 is 3.09 bits per heavy atom. The highest BCUT2D eigenvalue weighted by Gasteiger charge is 2.37. The molecule has 2 atom stereocenters. The molecule has 1 aromatic heterocycles. The Bertz CT molecular complexity index is 656. The van der Waals surface area contributed by atoms with Gasteiger partial charge in [0.1, 0.15) is 6.10 Å². The largest absolute Gasteiger partial charge is 0.348 e. The highest BCUT2D eigenvalue weighted by molar-refractivity contribution is 7.98. The molecule has 7 heteroatoms. The van der Waals surface area contributed by atoms with Crippen molar-refractivity contribution in [2.75, 3.05) is 25.2 Å². The van der Waals surface area contributed by atoms with E-state index in [1.165, 1.54) is 6.33 Å². The summed E-state index contributed by atoms with van der Waals surface area (Å²) >= 11 is 1.78. The van der Waals surface area contributed by atoms with Gasteiger partial charge in [-0.15, -0.1) is 0 Å². The van der Waals surface area contributed by atoms with E-state index in [1.54, 1.807) is 11.8 Å². The second-order valence-electron chi connectivity index (χ2n) is 6.30. The van der Waals surface area contributed by atoms with Crippen LogP contribution in [0.3, 0.4) is 0 Å². The first-order chi connectivity index (χ1) is 11.0. The summed E-state index contributed by atoms with van der Waals surface area (Å²) in [5.74, 6) is 0.421. The molecule has 0 unspecified atom stereocenters. The summed E-state index contributed by atoms with van der Waals surface area (Å²) in [6.07, 6.45) is 6.31. The highest BCUT2D eigenvalue weighted by Crippen LogP contribution is 2.26. The zero-order valence-electron chi connectivity index (χ0n) is 13.7. The van der Waals surface area contributed by atoms with Crippen LogP contribution in [0.1, 0.15) is 25.1 Å². The van der Waals surface area contributed by atoms with Gasteiger partial charge in [-0.3, -0.25) is 4.79 Å². The van der Waals surface area contributed by atoms with Crippen molar-refractivity contribution >= 4 is 17.3 Å². The molecule has 126 valence electrons. The molecule has 2 heterocycles. The number of hydrogen-bond acceptors (Lipinski definition) is 6. The maximum Gasteiger partial charge on any atom is 0.254 e. The molecule has 0 bridgehead atoms. The molecule has 23 heavy (non-hydrogen) atoms. The first-order valence-corrected chi connectivity index (χ1v) is 9.19. The smallest absolute Gasteiger partial charge is 0.254 e. The normalized spacial score (nSPS) is 23.6. The minimum absolute atomic E-state index is 0.0334. The van der Waals surface area contributed by atoms with Gasteiger partial charge in [0.25, 0.3) is 5.56 Å². The molecule has 6 nitrogen and oxygen atoms in total. The minimum Gasteiger partial charge on any atom is -0.348 e. The van der Waals surface area contributed by atoms with Gasteiger partial charge in [0.15, 0.2) is 5.79 Å². The SMILES string of the molecule is CSC[C@H](NCC1=CCc2c1nc[nH]c2=O)[C@@H]1COC(C)(C)O1. The van der Waals surface area contributed by atoms with Crippen LogP contribution in [-0.2, 0) is 15.9 Å². The van der Waals surface area contributed by atoms with Crippen LogP contribution in [0.15, 0.2) is 17.2 Å². The topological polar surface area (TPSA) is 76.2 Å². The van der Waals surface area contributed by atoms with Crippen molar-refractivity contribution < 1.29 is 9.47 Å². The van der Waals surface area contributed by atoms with Gasteiger partial charge < -0.3 is 19.8 Å². The van der Waals surface area contributed by atoms with E-state index in [2.05, 4.69) is 27.6 Å². The third-order valence-corrected chi connectivity index (χ3v) is 4.88. The van der Waals surface area contributed by atoms with E-state index in [-0.39, 0.29) is 17.7 Å². The average molecular weight is 337 g/mol. The Labute approximate surface area is 140 Å². The summed E-state index contributed by atoms with van der Waals surface area (Å²) < 4.78 is 11.7. The number of fused-ring (bicyclic) bond motifs is 1. The summed E-state index contributed by atoms with van der Waals surface area (Å²) in [6.45, 7) is 5.15. The van der Waals surface area contributed by atoms with Crippen molar-refractivity contribution in [3.05, 3.63) is 34.0 Å². The zero-order valence-corrected chi connectivity index (χ0v) is 14.5. The third kappa shape index (κ3) is 3.68. The molecule has 0 aromatic carbocycles. The molecule has 0 amide bonds. The molecular formula is C16H23N3O3S. The lowest BCUT2D eigenvalue weighted by molar-refractivity contribution is -0.140. The lowest BCUT2D eigenvalue weighted by Crippen LogP contribution is -2.44. The van der Waals surface area contributed by atoms with Gasteiger partial charge in [-0.25, -0.2) is 4.98 Å². The summed E-state index contributed by atoms with van der Waals surface area (Å²) in [5, 5.41) is 3.56. The van der Waals surface area contributed by atoms with Gasteiger partial charge in [0.05, 0.1) is 18.6 Å². The third-order valence-electron chi connectivity index (χ3n) is 4.19. The van der Waals surface area contributed by atoms with Crippen molar-refractivity contribution in [2.24, 2.45) is 0 Å². The van der Waals surface area contributed by atoms with Crippen molar-refractivity contribution in [3.8, 4) is 0 Å². The Morgan fingerprint density at radius 2 is 2.39 bits per heavy atom. The van der Waals surface area contributed by atoms with Gasteiger partial charge >= 0.3 is 0 Å². The van der Waals surface area contributed by atoms with Gasteiger partial charge in [-0.1, -0.05) is 6.08 Å². The molecule has 1 saturated heterocycles. The maximum absolute atomic E-state index is 11.8. The second kappa shape index (κ2) is 6.76. The van der Waals surface area contributed by atoms with Crippen LogP contribution in [-0.4, -0.2) is 53.1 Å². The molecule has 2 aliphatic rings. The second-order valence-corrected chi connectivity index (χ2v) is 7.21. The van der Waals surface area contributed by atoms with Crippen LogP contribution >= 0.6 is 11.8 Å². The zero-order chi connectivity index (χ0) is 16.4. The van der Waals surface area contributed by atoms with E-state index in [0.717, 1.165) is 22.6 Å². The van der Waals surface area contributed by atoms with Gasteiger partial charge in [-0.05, 0) is 32.1 Å². The van der Waals surface area contributed by atoms with E-state index >= 15 is 0 Å². The molecule has 1 aromatic rings. The minimum atomic E-state index is -0.517. The molecule has 1 fully saturated rings. The molecule has 2 N–H and O–H groups in total. The molecule has 3 rings (SSSR count). The summed E-state index contributed by atoms with van der Waals surface area (Å²) in [5.41, 5.74) is 2.60. The Balaban J connectivity index is 1.65. The number of allylic oxidation sites excluding steroid dienone is 1. The van der Waals surface area contributed by atoms with Gasteiger partial charge in [0.2, 0.25) is 0 Å². The van der Waals surface area contributed by atoms with Crippen molar-refractivity contribution in [3.63, 3.8) is 0 Å². The quantitative estimate of drug-likeness (QED) is 0.812. The predicted molar refractivity (Wildman–Crippen MR) is 91.6 cm³/mol. The number of aromatic nitrogens is 2. The van der Waals surface area contributed by atoms with Crippen LogP contribution in [0.25, 0.3) is 5.57 Å². The molecule has 0 saturated carbocycles. The first kappa shape index (κ1) is 16.7. The summed E-state index contributed by atoms with van der Waals surface area (Å²) in [6, 6.07) is 0.193. The molecular weight excluding hydrogens is 314 g/mol. The molecule has 1 aliphatic heterocycles. The van der Waals surface area contributed by atoms with E-state index in [0.29, 0.717) is 19.6 Å². The highest BCUT2D eigenvalue weighted by atomic mass is 32.2. The van der Waals surface area contributed by atoms with Gasteiger partial charge in [-0.2, -0.15) is 11.8 Å². The number of nitrogens with zero attached hydrogens (tertiary/aromatic N) is 1. The molecule has 0 spiro atoms. The number of aromatic amines is 1. The molecule has 0 radical (unpaired) electrons. The maximum atomic E-state index is 11.8. The number of nitrogens with one attached hydrogen (secondary N) is 2. The Morgan fingerprint density at radius 1 is 1.57 bits per heavy atom. The fraction of sp³-hybridized carbons (Fsp3) is 0.625. The number of ether oxygens (including phenoxy) is 2. The standard InChI is InChI=1S/C16H23N3O3S/c1-16(2)21-7-13(22-16)12(8-23-3)17-6-10-4-5-11-14(10)18-9-19-15(11)20/h4,9,12-13,17H,5-8H2,1-3H3,(H,18,19,20)/t12-,13-/m0/s1. The van der Waals surface area contributed by atoms with E-state index in [1.807, 2.05) is 13.8 Å². The number of hydrogen-bond donors (Lipinski definition) is 2. The van der Waals surface area contributed by atoms with Crippen LogP contribution in [0.2, 0.25) is 0 Å². The van der Waals surface area contributed by atoms with Crippen LogP contribution < -0.4 is 10.9 Å². The van der Waals surface area contributed by atoms with Crippen LogP contribution in [0.5, 0.6) is 0 Å². The summed E-state index contributed by atoms with van der Waals surface area (Å²) in [4.78, 5) is 18.7. The first-order valence-electron chi connectivity index (χ1n) is 7.80.